The van der Waals surface area contributed by atoms with Crippen LogP contribution in [-0.4, -0.2) is 64.3 Å². The average Bonchev–Trinajstić information content (AvgIpc) is 2.71. The number of fused-ring (bicyclic) bond motifs is 1. The Hall–Kier alpha value is -1.80. The van der Waals surface area contributed by atoms with Crippen LogP contribution in [0.4, 0.5) is 4.79 Å². The summed E-state index contributed by atoms with van der Waals surface area (Å²) in [5.74, 6) is -2.40. The lowest BCUT2D eigenvalue weighted by Crippen LogP contribution is -2.63. The van der Waals surface area contributed by atoms with Crippen LogP contribution in [0.5, 0.6) is 0 Å². The quantitative estimate of drug-likeness (QED) is 0.465. The van der Waals surface area contributed by atoms with E-state index in [0.717, 1.165) is 0 Å². The Morgan fingerprint density at radius 3 is 2.65 bits per heavy atom. The van der Waals surface area contributed by atoms with E-state index >= 15 is 0 Å². The van der Waals surface area contributed by atoms with Gasteiger partial charge in [0.15, 0.2) is 0 Å². The SMILES string of the molecule is C[C@@H](O)[C@H]1C(=O)N2C(C(=O)O)=C(COC(=O)NCCCl)[C@H](C)[C@H]12. The van der Waals surface area contributed by atoms with Gasteiger partial charge in [-0.3, -0.25) is 4.79 Å². The van der Waals surface area contributed by atoms with Crippen LogP contribution < -0.4 is 5.32 Å². The summed E-state index contributed by atoms with van der Waals surface area (Å²) in [6.45, 7) is 3.26. The third-order valence-corrected chi connectivity index (χ3v) is 4.43. The Balaban J connectivity index is 2.15. The summed E-state index contributed by atoms with van der Waals surface area (Å²) < 4.78 is 5.00. The van der Waals surface area contributed by atoms with Crippen LogP contribution >= 0.6 is 11.6 Å². The highest BCUT2D eigenvalue weighted by atomic mass is 35.5. The van der Waals surface area contributed by atoms with Crippen LogP contribution in [0.2, 0.25) is 0 Å². The Kier molecular flexibility index (Phi) is 5.16. The monoisotopic (exact) mass is 346 g/mol. The van der Waals surface area contributed by atoms with Crippen LogP contribution in [0.15, 0.2) is 11.3 Å². The maximum atomic E-state index is 12.1. The fourth-order valence-electron chi connectivity index (χ4n) is 3.18. The Bertz CT molecular complexity index is 561. The Morgan fingerprint density at radius 2 is 2.13 bits per heavy atom. The van der Waals surface area contributed by atoms with E-state index in [2.05, 4.69) is 5.32 Å². The number of halogens is 1. The van der Waals surface area contributed by atoms with Crippen molar-refractivity contribution in [2.24, 2.45) is 11.8 Å². The minimum absolute atomic E-state index is 0.158. The number of aliphatic hydroxyl groups is 1. The number of nitrogens with zero attached hydrogens (tertiary/aromatic N) is 1. The zero-order valence-electron chi connectivity index (χ0n) is 12.8. The third-order valence-electron chi connectivity index (χ3n) is 4.24. The smallest absolute Gasteiger partial charge is 0.407 e. The summed E-state index contributed by atoms with van der Waals surface area (Å²) in [6.07, 6.45) is -1.57. The van der Waals surface area contributed by atoms with Crippen molar-refractivity contribution in [3.63, 3.8) is 0 Å². The summed E-state index contributed by atoms with van der Waals surface area (Å²) in [5.41, 5.74) is 0.203. The topological polar surface area (TPSA) is 116 Å². The van der Waals surface area contributed by atoms with Gasteiger partial charge in [0.2, 0.25) is 5.91 Å². The number of hydrogen-bond acceptors (Lipinski definition) is 5. The molecule has 9 heteroatoms. The molecule has 1 fully saturated rings. The molecule has 2 aliphatic rings. The van der Waals surface area contributed by atoms with Crippen molar-refractivity contribution in [1.82, 2.24) is 10.2 Å². The molecule has 2 heterocycles. The number of carbonyl (C=O) groups excluding carboxylic acids is 2. The van der Waals surface area contributed by atoms with Crippen LogP contribution in [0.25, 0.3) is 0 Å². The number of alkyl halides is 1. The fourth-order valence-corrected chi connectivity index (χ4v) is 3.27. The molecule has 0 aromatic rings. The summed E-state index contributed by atoms with van der Waals surface area (Å²) in [6, 6.07) is -0.418. The number of β-lactam (4-membered cyclic amide) rings is 1. The molecule has 2 aliphatic heterocycles. The molecule has 8 nitrogen and oxygen atoms in total. The molecule has 0 saturated carbocycles. The van der Waals surface area contributed by atoms with E-state index < -0.39 is 36.0 Å². The van der Waals surface area contributed by atoms with Gasteiger partial charge in [0.25, 0.3) is 0 Å². The van der Waals surface area contributed by atoms with Gasteiger partial charge in [-0.15, -0.1) is 11.6 Å². The minimum atomic E-state index is -1.25. The first-order chi connectivity index (χ1) is 10.8. The average molecular weight is 347 g/mol. The maximum Gasteiger partial charge on any atom is 0.407 e. The normalized spacial score (nSPS) is 27.4. The van der Waals surface area contributed by atoms with Gasteiger partial charge >= 0.3 is 12.1 Å². The van der Waals surface area contributed by atoms with E-state index in [1.165, 1.54) is 11.8 Å². The van der Waals surface area contributed by atoms with Crippen molar-refractivity contribution in [3.05, 3.63) is 11.3 Å². The number of carboxylic acid groups (broad SMARTS) is 1. The molecule has 0 bridgehead atoms. The van der Waals surface area contributed by atoms with Crippen molar-refractivity contribution in [2.75, 3.05) is 19.0 Å². The highest BCUT2D eigenvalue weighted by Gasteiger charge is 2.59. The van der Waals surface area contributed by atoms with Crippen LogP contribution in [0.1, 0.15) is 13.8 Å². The van der Waals surface area contributed by atoms with E-state index in [1.54, 1.807) is 6.92 Å². The molecule has 2 amide bonds. The highest BCUT2D eigenvalue weighted by molar-refractivity contribution is 6.18. The van der Waals surface area contributed by atoms with Gasteiger partial charge < -0.3 is 25.2 Å². The molecule has 0 spiro atoms. The number of hydrogen-bond donors (Lipinski definition) is 3. The van der Waals surface area contributed by atoms with Gasteiger partial charge in [-0.1, -0.05) is 6.92 Å². The van der Waals surface area contributed by atoms with Crippen molar-refractivity contribution < 1.29 is 29.3 Å². The van der Waals surface area contributed by atoms with E-state index in [4.69, 9.17) is 16.3 Å². The number of aliphatic hydroxyl groups excluding tert-OH is 1. The van der Waals surface area contributed by atoms with Crippen LogP contribution in [-0.2, 0) is 14.3 Å². The van der Waals surface area contributed by atoms with Gasteiger partial charge in [0.1, 0.15) is 12.3 Å². The molecular weight excluding hydrogens is 328 g/mol. The van der Waals surface area contributed by atoms with Crippen molar-refractivity contribution in [2.45, 2.75) is 26.0 Å². The molecule has 0 radical (unpaired) electrons. The van der Waals surface area contributed by atoms with Crippen molar-refractivity contribution in [1.29, 1.82) is 0 Å². The van der Waals surface area contributed by atoms with Gasteiger partial charge in [0, 0.05) is 23.9 Å². The third kappa shape index (κ3) is 3.00. The Labute approximate surface area is 138 Å². The van der Waals surface area contributed by atoms with Crippen molar-refractivity contribution >= 4 is 29.6 Å². The summed E-state index contributed by atoms with van der Waals surface area (Å²) in [5, 5.41) is 21.5. The zero-order valence-corrected chi connectivity index (χ0v) is 13.5. The molecule has 0 aromatic heterocycles. The number of rotatable bonds is 6. The lowest BCUT2D eigenvalue weighted by molar-refractivity contribution is -0.163. The van der Waals surface area contributed by atoms with Gasteiger partial charge in [-0.25, -0.2) is 9.59 Å². The number of ether oxygens (including phenoxy) is 1. The predicted octanol–water partition coefficient (Wildman–Crippen LogP) is 0.148. The maximum absolute atomic E-state index is 12.1. The Morgan fingerprint density at radius 1 is 1.48 bits per heavy atom. The van der Waals surface area contributed by atoms with Crippen molar-refractivity contribution in [3.8, 4) is 0 Å². The van der Waals surface area contributed by atoms with Crippen LogP contribution in [0, 0.1) is 11.8 Å². The predicted molar refractivity (Wildman–Crippen MR) is 79.7 cm³/mol. The van der Waals surface area contributed by atoms with Gasteiger partial charge in [-0.2, -0.15) is 0 Å². The second kappa shape index (κ2) is 6.76. The first-order valence-electron chi connectivity index (χ1n) is 7.25. The molecular formula is C14H19ClN2O6. The largest absolute Gasteiger partial charge is 0.477 e. The molecule has 1 saturated heterocycles. The molecule has 128 valence electrons. The molecule has 3 N–H and O–H groups in total. The van der Waals surface area contributed by atoms with Crippen LogP contribution in [0.3, 0.4) is 0 Å². The summed E-state index contributed by atoms with van der Waals surface area (Å²) in [4.78, 5) is 36.3. The van der Waals surface area contributed by atoms with E-state index in [9.17, 15) is 24.6 Å². The van der Waals surface area contributed by atoms with E-state index in [1.807, 2.05) is 0 Å². The summed E-state index contributed by atoms with van der Waals surface area (Å²) >= 11 is 5.44. The minimum Gasteiger partial charge on any atom is -0.477 e. The molecule has 4 atom stereocenters. The molecule has 0 aromatic carbocycles. The number of nitrogens with one attached hydrogen (secondary N) is 1. The lowest BCUT2D eigenvalue weighted by atomic mass is 9.78. The number of carboxylic acids is 1. The summed E-state index contributed by atoms with van der Waals surface area (Å²) in [7, 11) is 0. The first-order valence-corrected chi connectivity index (χ1v) is 7.78. The molecule has 2 rings (SSSR count). The lowest BCUT2D eigenvalue weighted by Gasteiger charge is -2.46. The number of amides is 2. The number of carbonyl (C=O) groups is 3. The molecule has 0 unspecified atom stereocenters. The molecule has 23 heavy (non-hydrogen) atoms. The van der Waals surface area contributed by atoms with Gasteiger partial charge in [-0.05, 0) is 6.92 Å². The number of aliphatic carboxylic acids is 1. The van der Waals surface area contributed by atoms with Gasteiger partial charge in [0.05, 0.1) is 18.1 Å². The van der Waals surface area contributed by atoms with E-state index in [0.29, 0.717) is 5.57 Å². The second-order valence-corrected chi connectivity index (χ2v) is 6.00. The highest BCUT2D eigenvalue weighted by Crippen LogP contribution is 2.47. The number of alkyl carbamates (subject to hydrolysis) is 1. The second-order valence-electron chi connectivity index (χ2n) is 5.62. The standard InChI is InChI=1S/C14H19ClN2O6/c1-6-8(5-23-14(22)16-4-3-15)11(13(20)21)17-10(6)9(7(2)18)12(17)19/h6-7,9-10,18H,3-5H2,1-2H3,(H,16,22)(H,20,21)/t6-,7+,9+,10+/m0/s1. The van der Waals surface area contributed by atoms with E-state index in [-0.39, 0.29) is 30.6 Å². The first kappa shape index (κ1) is 17.6. The fraction of sp³-hybridized carbons (Fsp3) is 0.643. The zero-order chi connectivity index (χ0) is 17.3. The molecule has 0 aliphatic carbocycles.